The molecule has 98 valence electrons. The second-order valence-electron chi connectivity index (χ2n) is 3.35. The monoisotopic (exact) mass is 246 g/mol. The highest BCUT2D eigenvalue weighted by Gasteiger charge is 2.20. The molecule has 0 aliphatic carbocycles. The van der Waals surface area contributed by atoms with E-state index in [-0.39, 0.29) is 19.6 Å². The van der Waals surface area contributed by atoms with Crippen LogP contribution in [0, 0.1) is 5.92 Å². The number of ether oxygens (including phenoxy) is 3. The minimum atomic E-state index is -0.754. The number of methoxy groups -OCH3 is 1. The van der Waals surface area contributed by atoms with Gasteiger partial charge in [-0.2, -0.15) is 0 Å². The van der Waals surface area contributed by atoms with Crippen molar-refractivity contribution in [2.24, 2.45) is 5.92 Å². The van der Waals surface area contributed by atoms with E-state index in [0.717, 1.165) is 0 Å². The first-order chi connectivity index (χ1) is 8.15. The molecule has 0 bridgehead atoms. The predicted octanol–water partition coefficient (Wildman–Crippen LogP) is 0.334. The zero-order chi connectivity index (χ0) is 13.1. The second kappa shape index (κ2) is 9.92. The van der Waals surface area contributed by atoms with Crippen LogP contribution in [0.2, 0.25) is 0 Å². The van der Waals surface area contributed by atoms with Gasteiger partial charge < -0.3 is 19.0 Å². The highest BCUT2D eigenvalue weighted by Crippen LogP contribution is 2.08. The number of carbonyl (C=O) groups is 3. The summed E-state index contributed by atoms with van der Waals surface area (Å²) in [4.78, 5) is 32.8. The van der Waals surface area contributed by atoms with Crippen LogP contribution in [0.15, 0.2) is 0 Å². The molecule has 0 N–H and O–H groups in total. The van der Waals surface area contributed by atoms with Crippen LogP contribution in [0.1, 0.15) is 19.8 Å². The number of carbonyl (C=O) groups excluding carboxylic acids is 3. The zero-order valence-corrected chi connectivity index (χ0v) is 10.1. The van der Waals surface area contributed by atoms with E-state index in [2.05, 4.69) is 4.74 Å². The Balaban J connectivity index is 3.85. The molecule has 6 heteroatoms. The topological polar surface area (TPSA) is 78.9 Å². The summed E-state index contributed by atoms with van der Waals surface area (Å²) in [6.07, 6.45) is 1.15. The van der Waals surface area contributed by atoms with Crippen LogP contribution in [0.3, 0.4) is 0 Å². The number of hydrogen-bond acceptors (Lipinski definition) is 6. The molecule has 0 heterocycles. The van der Waals surface area contributed by atoms with E-state index in [1.54, 1.807) is 6.92 Å². The van der Waals surface area contributed by atoms with Crippen molar-refractivity contribution < 1.29 is 28.6 Å². The van der Waals surface area contributed by atoms with Gasteiger partial charge in [0, 0.05) is 13.5 Å². The van der Waals surface area contributed by atoms with Crippen LogP contribution < -0.4 is 0 Å². The first-order valence-electron chi connectivity index (χ1n) is 5.40. The van der Waals surface area contributed by atoms with Gasteiger partial charge in [-0.3, -0.25) is 4.79 Å². The lowest BCUT2D eigenvalue weighted by Gasteiger charge is -2.09. The zero-order valence-electron chi connectivity index (χ0n) is 10.1. The second-order valence-corrected chi connectivity index (χ2v) is 3.35. The standard InChI is InChI=1S/C11H18O6/c1-3-9(4-5-12)11(14)17-10(13)8-16-7-6-15-2/h5,9H,3-4,6-8H2,1-2H3. The minimum absolute atomic E-state index is 0.0626. The van der Waals surface area contributed by atoms with Crippen LogP contribution in [0.5, 0.6) is 0 Å². The lowest BCUT2D eigenvalue weighted by molar-refractivity contribution is -0.166. The van der Waals surface area contributed by atoms with Gasteiger partial charge in [0.25, 0.3) is 0 Å². The Kier molecular flexibility index (Phi) is 9.18. The first-order valence-corrected chi connectivity index (χ1v) is 5.40. The highest BCUT2D eigenvalue weighted by molar-refractivity contribution is 5.88. The number of hydrogen-bond donors (Lipinski definition) is 0. The van der Waals surface area contributed by atoms with Gasteiger partial charge in [0.2, 0.25) is 0 Å². The third kappa shape index (κ3) is 7.59. The summed E-state index contributed by atoms with van der Waals surface area (Å²) in [5.74, 6) is -1.99. The fourth-order valence-corrected chi connectivity index (χ4v) is 1.07. The van der Waals surface area contributed by atoms with Crippen LogP contribution in [0.4, 0.5) is 0 Å². The third-order valence-electron chi connectivity index (χ3n) is 2.07. The van der Waals surface area contributed by atoms with Crippen molar-refractivity contribution in [1.82, 2.24) is 0 Å². The molecule has 0 saturated carbocycles. The Bertz CT molecular complexity index is 250. The molecule has 1 unspecified atom stereocenters. The van der Waals surface area contributed by atoms with E-state index in [9.17, 15) is 14.4 Å². The highest BCUT2D eigenvalue weighted by atomic mass is 16.6. The maximum absolute atomic E-state index is 11.4. The summed E-state index contributed by atoms with van der Waals surface area (Å²) < 4.78 is 14.1. The van der Waals surface area contributed by atoms with Gasteiger partial charge >= 0.3 is 11.9 Å². The van der Waals surface area contributed by atoms with Gasteiger partial charge in [-0.05, 0) is 6.42 Å². The Morgan fingerprint density at radius 1 is 1.29 bits per heavy atom. The van der Waals surface area contributed by atoms with Crippen LogP contribution >= 0.6 is 0 Å². The fourth-order valence-electron chi connectivity index (χ4n) is 1.07. The molecule has 1 atom stereocenters. The van der Waals surface area contributed by atoms with E-state index >= 15 is 0 Å². The SMILES string of the molecule is CCC(CC=O)C(=O)OC(=O)COCCOC. The minimum Gasteiger partial charge on any atom is -0.391 e. The maximum atomic E-state index is 11.4. The molecule has 0 radical (unpaired) electrons. The van der Waals surface area contributed by atoms with E-state index in [0.29, 0.717) is 19.3 Å². The van der Waals surface area contributed by atoms with Crippen LogP contribution in [-0.4, -0.2) is 45.2 Å². The number of esters is 2. The van der Waals surface area contributed by atoms with Crippen molar-refractivity contribution in [2.75, 3.05) is 26.9 Å². The molecule has 0 fully saturated rings. The predicted molar refractivity (Wildman–Crippen MR) is 58.3 cm³/mol. The molecule has 0 aromatic heterocycles. The summed E-state index contributed by atoms with van der Waals surface area (Å²) >= 11 is 0. The molecule has 0 amide bonds. The van der Waals surface area contributed by atoms with Crippen molar-refractivity contribution >= 4 is 18.2 Å². The Morgan fingerprint density at radius 2 is 2.00 bits per heavy atom. The van der Waals surface area contributed by atoms with Crippen molar-refractivity contribution in [3.05, 3.63) is 0 Å². The molecule has 0 aromatic rings. The average molecular weight is 246 g/mol. The summed E-state index contributed by atoms with van der Waals surface area (Å²) in [5.41, 5.74) is 0. The summed E-state index contributed by atoms with van der Waals surface area (Å²) in [6, 6.07) is 0. The van der Waals surface area contributed by atoms with Gasteiger partial charge in [-0.15, -0.1) is 0 Å². The molecule has 0 rings (SSSR count). The van der Waals surface area contributed by atoms with Crippen LogP contribution in [-0.2, 0) is 28.6 Å². The van der Waals surface area contributed by atoms with E-state index in [1.807, 2.05) is 0 Å². The third-order valence-corrected chi connectivity index (χ3v) is 2.07. The molecule has 0 spiro atoms. The average Bonchev–Trinajstić information content (AvgIpc) is 2.31. The molecule has 0 aromatic carbocycles. The van der Waals surface area contributed by atoms with E-state index in [4.69, 9.17) is 9.47 Å². The Labute approximate surface area is 100 Å². The largest absolute Gasteiger partial charge is 0.391 e. The molecule has 6 nitrogen and oxygen atoms in total. The summed E-state index contributed by atoms with van der Waals surface area (Å²) in [5, 5.41) is 0. The van der Waals surface area contributed by atoms with Gasteiger partial charge in [0.1, 0.15) is 12.9 Å². The van der Waals surface area contributed by atoms with Crippen molar-refractivity contribution in [3.8, 4) is 0 Å². The van der Waals surface area contributed by atoms with Crippen molar-refractivity contribution in [2.45, 2.75) is 19.8 Å². The van der Waals surface area contributed by atoms with Gasteiger partial charge in [0.15, 0.2) is 0 Å². The molecular formula is C11H18O6. The number of rotatable bonds is 9. The normalized spacial score (nSPS) is 11.9. The van der Waals surface area contributed by atoms with Gasteiger partial charge in [-0.1, -0.05) is 6.92 Å². The smallest absolute Gasteiger partial charge is 0.339 e. The van der Waals surface area contributed by atoms with E-state index in [1.165, 1.54) is 7.11 Å². The molecule has 0 aliphatic heterocycles. The lowest BCUT2D eigenvalue weighted by Crippen LogP contribution is -2.24. The number of aldehydes is 1. The molecule has 0 aliphatic rings. The fraction of sp³-hybridized carbons (Fsp3) is 0.727. The van der Waals surface area contributed by atoms with Crippen molar-refractivity contribution in [3.63, 3.8) is 0 Å². The van der Waals surface area contributed by atoms with Crippen molar-refractivity contribution in [1.29, 1.82) is 0 Å². The molecule has 17 heavy (non-hydrogen) atoms. The first kappa shape index (κ1) is 15.7. The van der Waals surface area contributed by atoms with Crippen LogP contribution in [0.25, 0.3) is 0 Å². The molecule has 0 saturated heterocycles. The molecular weight excluding hydrogens is 228 g/mol. The summed E-state index contributed by atoms with van der Waals surface area (Å²) in [6.45, 7) is 2.07. The Morgan fingerprint density at radius 3 is 2.53 bits per heavy atom. The quantitative estimate of drug-likeness (QED) is 0.252. The van der Waals surface area contributed by atoms with Gasteiger partial charge in [-0.25, -0.2) is 4.79 Å². The Hall–Kier alpha value is -1.27. The van der Waals surface area contributed by atoms with E-state index < -0.39 is 17.9 Å². The maximum Gasteiger partial charge on any atom is 0.339 e. The van der Waals surface area contributed by atoms with Gasteiger partial charge in [0.05, 0.1) is 19.1 Å². The summed E-state index contributed by atoms with van der Waals surface area (Å²) in [7, 11) is 1.51. The lowest BCUT2D eigenvalue weighted by atomic mass is 10.0.